The maximum absolute atomic E-state index is 10.7. The fourth-order valence-corrected chi connectivity index (χ4v) is 2.74. The van der Waals surface area contributed by atoms with Crippen LogP contribution in [0, 0.1) is 17.0 Å². The topological polar surface area (TPSA) is 68.1 Å². The molecule has 1 atom stereocenters. The van der Waals surface area contributed by atoms with Gasteiger partial charge < -0.3 is 5.32 Å². The molecule has 2 aromatic heterocycles. The van der Waals surface area contributed by atoms with Gasteiger partial charge >= 0.3 is 0 Å². The zero-order chi connectivity index (χ0) is 14.0. The molecule has 0 saturated carbocycles. The Bertz CT molecular complexity index is 615. The zero-order valence-corrected chi connectivity index (χ0v) is 12.0. The highest BCUT2D eigenvalue weighted by Gasteiger charge is 2.13. The molecule has 0 aromatic carbocycles. The Hall–Kier alpha value is -1.66. The molecule has 0 bridgehead atoms. The SMILES string of the molecule is Cc1cc(NC(C)c2ccc(Cl)s2)ncc1[N+](=O)[O-]. The molecule has 0 aliphatic carbocycles. The summed E-state index contributed by atoms with van der Waals surface area (Å²) < 4.78 is 0.733. The maximum atomic E-state index is 10.7. The quantitative estimate of drug-likeness (QED) is 0.679. The van der Waals surface area contributed by atoms with E-state index < -0.39 is 4.92 Å². The van der Waals surface area contributed by atoms with Gasteiger partial charge in [-0.15, -0.1) is 11.3 Å². The van der Waals surface area contributed by atoms with Crippen molar-refractivity contribution in [1.29, 1.82) is 0 Å². The van der Waals surface area contributed by atoms with Crippen LogP contribution in [0.2, 0.25) is 4.34 Å². The van der Waals surface area contributed by atoms with Gasteiger partial charge in [0.15, 0.2) is 0 Å². The number of nitro groups is 1. The van der Waals surface area contributed by atoms with Gasteiger partial charge in [-0.3, -0.25) is 10.1 Å². The molecule has 0 saturated heterocycles. The molecule has 2 aromatic rings. The lowest BCUT2D eigenvalue weighted by Gasteiger charge is -2.13. The average molecular weight is 298 g/mol. The van der Waals surface area contributed by atoms with E-state index in [2.05, 4.69) is 10.3 Å². The van der Waals surface area contributed by atoms with E-state index in [1.807, 2.05) is 19.1 Å². The van der Waals surface area contributed by atoms with Crippen molar-refractivity contribution in [3.05, 3.63) is 49.3 Å². The number of rotatable bonds is 4. The summed E-state index contributed by atoms with van der Waals surface area (Å²) in [5.41, 5.74) is 0.608. The van der Waals surface area contributed by atoms with Crippen LogP contribution in [-0.4, -0.2) is 9.91 Å². The van der Waals surface area contributed by atoms with Crippen molar-refractivity contribution in [2.24, 2.45) is 0 Å². The Balaban J connectivity index is 2.15. The van der Waals surface area contributed by atoms with Crippen LogP contribution in [0.1, 0.15) is 23.4 Å². The van der Waals surface area contributed by atoms with E-state index in [0.29, 0.717) is 11.4 Å². The third kappa shape index (κ3) is 3.21. The first kappa shape index (κ1) is 13.8. The van der Waals surface area contributed by atoms with E-state index in [4.69, 9.17) is 11.6 Å². The van der Waals surface area contributed by atoms with Gasteiger partial charge in [0.05, 0.1) is 15.3 Å². The second-order valence-electron chi connectivity index (χ2n) is 4.12. The summed E-state index contributed by atoms with van der Waals surface area (Å²) in [4.78, 5) is 15.4. The molecule has 0 spiro atoms. The van der Waals surface area contributed by atoms with Gasteiger partial charge in [-0.1, -0.05) is 11.6 Å². The fourth-order valence-electron chi connectivity index (χ4n) is 1.67. The molecule has 0 aliphatic heterocycles. The lowest BCUT2D eigenvalue weighted by molar-refractivity contribution is -0.385. The number of aromatic nitrogens is 1. The van der Waals surface area contributed by atoms with Gasteiger partial charge in [-0.05, 0) is 32.0 Å². The third-order valence-electron chi connectivity index (χ3n) is 2.67. The first-order chi connectivity index (χ1) is 8.97. The number of aryl methyl sites for hydroxylation is 1. The predicted octanol–water partition coefficient (Wildman–Crippen LogP) is 4.19. The van der Waals surface area contributed by atoms with Crippen molar-refractivity contribution in [2.45, 2.75) is 19.9 Å². The van der Waals surface area contributed by atoms with Gasteiger partial charge in [-0.2, -0.15) is 0 Å². The molecule has 2 heterocycles. The molecule has 5 nitrogen and oxygen atoms in total. The van der Waals surface area contributed by atoms with E-state index in [9.17, 15) is 10.1 Å². The summed E-state index contributed by atoms with van der Waals surface area (Å²) in [5, 5.41) is 13.9. The number of pyridine rings is 1. The van der Waals surface area contributed by atoms with E-state index in [1.54, 1.807) is 13.0 Å². The largest absolute Gasteiger partial charge is 0.363 e. The molecule has 0 amide bonds. The van der Waals surface area contributed by atoms with Crippen molar-refractivity contribution in [2.75, 3.05) is 5.32 Å². The average Bonchev–Trinajstić information content (AvgIpc) is 2.75. The summed E-state index contributed by atoms with van der Waals surface area (Å²) in [7, 11) is 0. The van der Waals surface area contributed by atoms with Crippen LogP contribution in [0.4, 0.5) is 11.5 Å². The molecule has 0 aliphatic rings. The van der Waals surface area contributed by atoms with E-state index in [-0.39, 0.29) is 11.7 Å². The lowest BCUT2D eigenvalue weighted by atomic mass is 10.2. The van der Waals surface area contributed by atoms with Crippen molar-refractivity contribution < 1.29 is 4.92 Å². The lowest BCUT2D eigenvalue weighted by Crippen LogP contribution is -2.07. The van der Waals surface area contributed by atoms with Gasteiger partial charge in [-0.25, -0.2) is 4.98 Å². The van der Waals surface area contributed by atoms with Crippen LogP contribution in [-0.2, 0) is 0 Å². The van der Waals surface area contributed by atoms with Crippen molar-refractivity contribution in [3.63, 3.8) is 0 Å². The highest BCUT2D eigenvalue weighted by Crippen LogP contribution is 2.29. The van der Waals surface area contributed by atoms with Crippen molar-refractivity contribution >= 4 is 34.4 Å². The van der Waals surface area contributed by atoms with Gasteiger partial charge in [0.2, 0.25) is 0 Å². The Morgan fingerprint density at radius 3 is 2.79 bits per heavy atom. The minimum Gasteiger partial charge on any atom is -0.363 e. The Kier molecular flexibility index (Phi) is 4.01. The first-order valence-corrected chi connectivity index (χ1v) is 6.79. The standard InChI is InChI=1S/C12H12ClN3O2S/c1-7-5-12(14-6-9(7)16(17)18)15-8(2)10-3-4-11(13)19-10/h3-6,8H,1-2H3,(H,14,15). The summed E-state index contributed by atoms with van der Waals surface area (Å²) in [6.45, 7) is 3.68. The van der Waals surface area contributed by atoms with Crippen molar-refractivity contribution in [1.82, 2.24) is 4.98 Å². The van der Waals surface area contributed by atoms with Gasteiger partial charge in [0.25, 0.3) is 5.69 Å². The molecule has 7 heteroatoms. The number of halogens is 1. The molecular formula is C12H12ClN3O2S. The minimum absolute atomic E-state index is 0.0253. The summed E-state index contributed by atoms with van der Waals surface area (Å²) in [6.07, 6.45) is 1.27. The molecule has 1 N–H and O–H groups in total. The number of hydrogen-bond acceptors (Lipinski definition) is 5. The molecule has 19 heavy (non-hydrogen) atoms. The van der Waals surface area contributed by atoms with Crippen LogP contribution in [0.3, 0.4) is 0 Å². The number of anilines is 1. The van der Waals surface area contributed by atoms with Gasteiger partial charge in [0.1, 0.15) is 12.0 Å². The van der Waals surface area contributed by atoms with Crippen molar-refractivity contribution in [3.8, 4) is 0 Å². The number of nitrogens with zero attached hydrogens (tertiary/aromatic N) is 2. The van der Waals surface area contributed by atoms with E-state index >= 15 is 0 Å². The normalized spacial score (nSPS) is 12.2. The Morgan fingerprint density at radius 1 is 1.53 bits per heavy atom. The molecule has 1 unspecified atom stereocenters. The Labute approximate surface area is 119 Å². The molecule has 0 fully saturated rings. The van der Waals surface area contributed by atoms with Crippen LogP contribution in [0.25, 0.3) is 0 Å². The summed E-state index contributed by atoms with van der Waals surface area (Å²) >= 11 is 7.38. The number of hydrogen-bond donors (Lipinski definition) is 1. The summed E-state index contributed by atoms with van der Waals surface area (Å²) in [5.74, 6) is 0.611. The second-order valence-corrected chi connectivity index (χ2v) is 5.87. The monoisotopic (exact) mass is 297 g/mol. The van der Waals surface area contributed by atoms with Crippen LogP contribution < -0.4 is 5.32 Å². The molecular weight excluding hydrogens is 286 g/mol. The maximum Gasteiger partial charge on any atom is 0.290 e. The highest BCUT2D eigenvalue weighted by atomic mass is 35.5. The summed E-state index contributed by atoms with van der Waals surface area (Å²) in [6, 6.07) is 5.51. The highest BCUT2D eigenvalue weighted by molar-refractivity contribution is 7.16. The predicted molar refractivity (Wildman–Crippen MR) is 77.0 cm³/mol. The second kappa shape index (κ2) is 5.54. The van der Waals surface area contributed by atoms with E-state index in [0.717, 1.165) is 9.21 Å². The number of nitrogens with one attached hydrogen (secondary N) is 1. The number of thiophene rings is 1. The fraction of sp³-hybridized carbons (Fsp3) is 0.250. The first-order valence-electron chi connectivity index (χ1n) is 5.60. The smallest absolute Gasteiger partial charge is 0.290 e. The van der Waals surface area contributed by atoms with Gasteiger partial charge in [0, 0.05) is 10.4 Å². The minimum atomic E-state index is -0.436. The molecule has 100 valence electrons. The van der Waals surface area contributed by atoms with Crippen LogP contribution in [0.5, 0.6) is 0 Å². The zero-order valence-electron chi connectivity index (χ0n) is 10.4. The Morgan fingerprint density at radius 2 is 2.26 bits per heavy atom. The molecule has 2 rings (SSSR count). The molecule has 0 radical (unpaired) electrons. The van der Waals surface area contributed by atoms with Crippen LogP contribution in [0.15, 0.2) is 24.4 Å². The third-order valence-corrected chi connectivity index (χ3v) is 4.08. The van der Waals surface area contributed by atoms with E-state index in [1.165, 1.54) is 17.5 Å². The van der Waals surface area contributed by atoms with Crippen LogP contribution >= 0.6 is 22.9 Å².